The van der Waals surface area contributed by atoms with Gasteiger partial charge in [-0.25, -0.2) is 0 Å². The lowest BCUT2D eigenvalue weighted by Gasteiger charge is -2.35. The van der Waals surface area contributed by atoms with Crippen LogP contribution in [0.5, 0.6) is 17.2 Å². The molecule has 2 heterocycles. The first-order valence-electron chi connectivity index (χ1n) is 10.8. The van der Waals surface area contributed by atoms with Gasteiger partial charge in [-0.3, -0.25) is 9.59 Å². The number of dihydropyridines is 1. The van der Waals surface area contributed by atoms with Gasteiger partial charge in [0.05, 0.1) is 12.8 Å². The number of carbonyl (C=O) groups excluding carboxylic acids is 2. The molecule has 0 bridgehead atoms. The van der Waals surface area contributed by atoms with Gasteiger partial charge >= 0.3 is 0 Å². The van der Waals surface area contributed by atoms with E-state index in [-0.39, 0.29) is 18.5 Å². The van der Waals surface area contributed by atoms with Gasteiger partial charge in [-0.15, -0.1) is 0 Å². The second kappa shape index (κ2) is 8.59. The van der Waals surface area contributed by atoms with Gasteiger partial charge in [-0.1, -0.05) is 28.1 Å². The molecule has 1 unspecified atom stereocenters. The third kappa shape index (κ3) is 3.78. The number of carbonyl (C=O) groups is 2. The van der Waals surface area contributed by atoms with Crippen molar-refractivity contribution in [2.75, 3.05) is 19.2 Å². The molecular weight excluding hydrogens is 488 g/mol. The quantitative estimate of drug-likeness (QED) is 0.614. The van der Waals surface area contributed by atoms with Crippen molar-refractivity contribution in [2.45, 2.75) is 32.1 Å². The number of methoxy groups -OCH3 is 1. The van der Waals surface area contributed by atoms with Gasteiger partial charge in [0.25, 0.3) is 5.91 Å². The smallest absolute Gasteiger partial charge is 0.254 e. The fraction of sp³-hybridized carbons (Fsp3) is 0.280. The number of para-hydroxylation sites is 2. The number of benzene rings is 2. The Labute approximate surface area is 199 Å². The van der Waals surface area contributed by atoms with Gasteiger partial charge in [0.2, 0.25) is 6.79 Å². The number of ether oxygens (including phenoxy) is 3. The van der Waals surface area contributed by atoms with Crippen LogP contribution in [0.1, 0.15) is 37.7 Å². The van der Waals surface area contributed by atoms with E-state index in [1.54, 1.807) is 19.2 Å². The van der Waals surface area contributed by atoms with Crippen LogP contribution in [-0.2, 0) is 9.59 Å². The van der Waals surface area contributed by atoms with Crippen LogP contribution in [0.25, 0.3) is 0 Å². The first-order valence-corrected chi connectivity index (χ1v) is 11.5. The second-order valence-electron chi connectivity index (χ2n) is 8.15. The van der Waals surface area contributed by atoms with Gasteiger partial charge in [0.15, 0.2) is 17.3 Å². The summed E-state index contributed by atoms with van der Waals surface area (Å²) in [5.41, 5.74) is 4.06. The molecule has 1 aliphatic carbocycles. The topological polar surface area (TPSA) is 85.9 Å². The Morgan fingerprint density at radius 3 is 2.73 bits per heavy atom. The highest BCUT2D eigenvalue weighted by atomic mass is 79.9. The third-order valence-corrected chi connectivity index (χ3v) is 6.87. The molecule has 0 radical (unpaired) electrons. The number of ketones is 1. The number of rotatable bonds is 4. The Morgan fingerprint density at radius 1 is 1.18 bits per heavy atom. The van der Waals surface area contributed by atoms with E-state index in [0.29, 0.717) is 46.2 Å². The van der Waals surface area contributed by atoms with E-state index >= 15 is 0 Å². The molecule has 33 heavy (non-hydrogen) atoms. The summed E-state index contributed by atoms with van der Waals surface area (Å²) in [5, 5.41) is 6.32. The predicted molar refractivity (Wildman–Crippen MR) is 126 cm³/mol. The van der Waals surface area contributed by atoms with E-state index in [1.165, 1.54) is 0 Å². The van der Waals surface area contributed by atoms with Crippen LogP contribution in [-0.4, -0.2) is 25.6 Å². The van der Waals surface area contributed by atoms with E-state index in [4.69, 9.17) is 14.2 Å². The molecule has 2 aromatic carbocycles. The van der Waals surface area contributed by atoms with Crippen LogP contribution in [0.2, 0.25) is 0 Å². The maximum atomic E-state index is 13.7. The van der Waals surface area contributed by atoms with Crippen molar-refractivity contribution in [3.8, 4) is 17.2 Å². The SMILES string of the molecule is COc1ccccc1NC(=O)C1=C(C)NC2=C(C(=O)CCC2)C1c1cc2c(cc1Br)OCO2. The molecule has 0 saturated carbocycles. The molecule has 2 aliphatic heterocycles. The number of fused-ring (bicyclic) bond motifs is 1. The summed E-state index contributed by atoms with van der Waals surface area (Å²) in [6, 6.07) is 10.9. The summed E-state index contributed by atoms with van der Waals surface area (Å²) in [6.45, 7) is 2.01. The van der Waals surface area contributed by atoms with Gasteiger partial charge in [-0.2, -0.15) is 0 Å². The minimum Gasteiger partial charge on any atom is -0.495 e. The molecule has 2 aromatic rings. The number of Topliss-reactive ketones (excluding diaryl/α,β-unsaturated/α-hetero) is 1. The van der Waals surface area contributed by atoms with Crippen LogP contribution in [0.4, 0.5) is 5.69 Å². The highest BCUT2D eigenvalue weighted by Crippen LogP contribution is 2.48. The average Bonchev–Trinajstić information content (AvgIpc) is 3.25. The summed E-state index contributed by atoms with van der Waals surface area (Å²) in [5.74, 6) is 0.982. The van der Waals surface area contributed by atoms with Crippen molar-refractivity contribution in [1.82, 2.24) is 5.32 Å². The van der Waals surface area contributed by atoms with Crippen molar-refractivity contribution in [3.05, 3.63) is 69.0 Å². The summed E-state index contributed by atoms with van der Waals surface area (Å²) < 4.78 is 17.2. The largest absolute Gasteiger partial charge is 0.495 e. The van der Waals surface area contributed by atoms with Gasteiger partial charge in [0.1, 0.15) is 5.75 Å². The molecule has 0 saturated heterocycles. The molecule has 0 fully saturated rings. The minimum atomic E-state index is -0.548. The number of allylic oxidation sites excluding steroid dienone is 3. The van der Waals surface area contributed by atoms with Crippen molar-refractivity contribution in [2.24, 2.45) is 0 Å². The molecule has 8 heteroatoms. The monoisotopic (exact) mass is 510 g/mol. The number of amides is 1. The summed E-state index contributed by atoms with van der Waals surface area (Å²) in [4.78, 5) is 26.8. The summed E-state index contributed by atoms with van der Waals surface area (Å²) in [6.07, 6.45) is 2.01. The zero-order valence-corrected chi connectivity index (χ0v) is 19.9. The van der Waals surface area contributed by atoms with E-state index < -0.39 is 5.92 Å². The first-order chi connectivity index (χ1) is 16.0. The molecule has 3 aliphatic rings. The predicted octanol–water partition coefficient (Wildman–Crippen LogP) is 4.79. The highest BCUT2D eigenvalue weighted by Gasteiger charge is 2.40. The maximum Gasteiger partial charge on any atom is 0.254 e. The maximum absolute atomic E-state index is 13.7. The lowest BCUT2D eigenvalue weighted by molar-refractivity contribution is -0.116. The molecule has 5 rings (SSSR count). The lowest BCUT2D eigenvalue weighted by Crippen LogP contribution is -2.35. The van der Waals surface area contributed by atoms with Crippen LogP contribution in [0.15, 0.2) is 63.4 Å². The Bertz CT molecular complexity index is 1230. The third-order valence-electron chi connectivity index (χ3n) is 6.18. The number of hydrogen-bond donors (Lipinski definition) is 2. The standard InChI is InChI=1S/C25H23BrN2O5/c1-13-22(25(30)28-16-6-3-4-9-19(16)31-2)23(24-17(27-13)7-5-8-18(24)29)14-10-20-21(11-15(14)26)33-12-32-20/h3-4,6,9-11,23,27H,5,7-8,12H2,1-2H3,(H,28,30). The Hall–Kier alpha value is -3.26. The molecular formula is C25H23BrN2O5. The Kier molecular flexibility index (Phi) is 5.62. The van der Waals surface area contributed by atoms with Gasteiger partial charge in [0, 0.05) is 39.4 Å². The number of hydrogen-bond acceptors (Lipinski definition) is 6. The van der Waals surface area contributed by atoms with Crippen LogP contribution >= 0.6 is 15.9 Å². The van der Waals surface area contributed by atoms with E-state index in [0.717, 1.165) is 28.6 Å². The number of halogens is 1. The summed E-state index contributed by atoms with van der Waals surface area (Å²) >= 11 is 3.64. The van der Waals surface area contributed by atoms with Crippen LogP contribution in [0, 0.1) is 0 Å². The van der Waals surface area contributed by atoms with E-state index in [9.17, 15) is 9.59 Å². The van der Waals surface area contributed by atoms with Gasteiger partial charge < -0.3 is 24.8 Å². The second-order valence-corrected chi connectivity index (χ2v) is 9.00. The van der Waals surface area contributed by atoms with Crippen LogP contribution in [0.3, 0.4) is 0 Å². The minimum absolute atomic E-state index is 0.0495. The Balaban J connectivity index is 1.63. The number of nitrogens with one attached hydrogen (secondary N) is 2. The molecule has 7 nitrogen and oxygen atoms in total. The first kappa shape index (κ1) is 21.6. The molecule has 0 spiro atoms. The van der Waals surface area contributed by atoms with E-state index in [2.05, 4.69) is 26.6 Å². The van der Waals surface area contributed by atoms with Crippen LogP contribution < -0.4 is 24.8 Å². The Morgan fingerprint density at radius 2 is 1.94 bits per heavy atom. The molecule has 0 aromatic heterocycles. The van der Waals surface area contributed by atoms with Crippen molar-refractivity contribution in [1.29, 1.82) is 0 Å². The normalized spacial score (nSPS) is 19.2. The zero-order chi connectivity index (χ0) is 23.1. The highest BCUT2D eigenvalue weighted by molar-refractivity contribution is 9.10. The van der Waals surface area contributed by atoms with Crippen molar-refractivity contribution >= 4 is 33.3 Å². The number of anilines is 1. The van der Waals surface area contributed by atoms with Crippen molar-refractivity contribution < 1.29 is 23.8 Å². The zero-order valence-electron chi connectivity index (χ0n) is 18.3. The average molecular weight is 511 g/mol. The van der Waals surface area contributed by atoms with Crippen molar-refractivity contribution in [3.63, 3.8) is 0 Å². The molecule has 2 N–H and O–H groups in total. The summed E-state index contributed by atoms with van der Waals surface area (Å²) in [7, 11) is 1.56. The fourth-order valence-corrected chi connectivity index (χ4v) is 5.24. The molecule has 170 valence electrons. The lowest BCUT2D eigenvalue weighted by atomic mass is 9.75. The van der Waals surface area contributed by atoms with E-state index in [1.807, 2.05) is 31.2 Å². The molecule has 1 amide bonds. The van der Waals surface area contributed by atoms with Gasteiger partial charge in [-0.05, 0) is 49.6 Å². The fourth-order valence-electron chi connectivity index (χ4n) is 4.69. The molecule has 1 atom stereocenters.